The average molecular weight is 233 g/mol. The third-order valence-electron chi connectivity index (χ3n) is 2.14. The first-order valence-electron chi connectivity index (χ1n) is 4.65. The number of aromatic amines is 1. The predicted octanol–water partition coefficient (Wildman–Crippen LogP) is 0.434. The lowest BCUT2D eigenvalue weighted by Gasteiger charge is -2.03. The van der Waals surface area contributed by atoms with Gasteiger partial charge in [-0.25, -0.2) is 4.79 Å². The maximum absolute atomic E-state index is 11.5. The van der Waals surface area contributed by atoms with Crippen LogP contribution in [-0.4, -0.2) is 14.5 Å². The van der Waals surface area contributed by atoms with E-state index in [1.165, 1.54) is 36.5 Å². The van der Waals surface area contributed by atoms with Crippen molar-refractivity contribution in [1.29, 1.82) is 0 Å². The van der Waals surface area contributed by atoms with Crippen LogP contribution in [0.2, 0.25) is 0 Å². The van der Waals surface area contributed by atoms with E-state index < -0.39 is 16.2 Å². The van der Waals surface area contributed by atoms with Crippen molar-refractivity contribution in [2.75, 3.05) is 0 Å². The molecule has 0 saturated heterocycles. The van der Waals surface area contributed by atoms with Gasteiger partial charge in [0.2, 0.25) is 0 Å². The topological polar surface area (TPSA) is 98.0 Å². The molecule has 1 aromatic heterocycles. The molecule has 0 amide bonds. The van der Waals surface area contributed by atoms with E-state index in [4.69, 9.17) is 0 Å². The van der Waals surface area contributed by atoms with E-state index in [2.05, 4.69) is 4.98 Å². The highest BCUT2D eigenvalue weighted by atomic mass is 16.6. The number of aromatic nitrogens is 2. The zero-order valence-corrected chi connectivity index (χ0v) is 8.49. The summed E-state index contributed by atoms with van der Waals surface area (Å²) in [6, 6.07) is 6.73. The lowest BCUT2D eigenvalue weighted by molar-refractivity contribution is -0.384. The monoisotopic (exact) mass is 233 g/mol. The van der Waals surface area contributed by atoms with Crippen molar-refractivity contribution in [3.8, 4) is 5.69 Å². The van der Waals surface area contributed by atoms with Crippen LogP contribution in [0.4, 0.5) is 5.69 Å². The van der Waals surface area contributed by atoms with Crippen LogP contribution >= 0.6 is 0 Å². The van der Waals surface area contributed by atoms with E-state index in [9.17, 15) is 19.7 Å². The minimum absolute atomic E-state index is 0.124. The van der Waals surface area contributed by atoms with Crippen molar-refractivity contribution < 1.29 is 4.92 Å². The molecular weight excluding hydrogens is 226 g/mol. The van der Waals surface area contributed by atoms with Gasteiger partial charge in [0, 0.05) is 24.4 Å². The fourth-order valence-electron chi connectivity index (χ4n) is 1.38. The molecule has 1 heterocycles. The maximum Gasteiger partial charge on any atom is 0.332 e. The van der Waals surface area contributed by atoms with Gasteiger partial charge in [-0.1, -0.05) is 6.07 Å². The van der Waals surface area contributed by atoms with Crippen LogP contribution in [-0.2, 0) is 0 Å². The number of rotatable bonds is 2. The highest BCUT2D eigenvalue weighted by molar-refractivity contribution is 5.42. The molecule has 0 aliphatic carbocycles. The summed E-state index contributed by atoms with van der Waals surface area (Å²) in [6.07, 6.45) is 1.26. The molecule has 7 heteroatoms. The van der Waals surface area contributed by atoms with Gasteiger partial charge in [-0.3, -0.25) is 24.5 Å². The number of nitrogens with one attached hydrogen (secondary N) is 1. The first-order valence-corrected chi connectivity index (χ1v) is 4.65. The second-order valence-electron chi connectivity index (χ2n) is 3.26. The molecule has 0 fully saturated rings. The van der Waals surface area contributed by atoms with Crippen LogP contribution in [0.3, 0.4) is 0 Å². The fourth-order valence-corrected chi connectivity index (χ4v) is 1.38. The molecule has 2 aromatic rings. The molecule has 0 bridgehead atoms. The Morgan fingerprint density at radius 1 is 1.24 bits per heavy atom. The van der Waals surface area contributed by atoms with E-state index in [1.807, 2.05) is 0 Å². The normalized spacial score (nSPS) is 10.1. The Morgan fingerprint density at radius 3 is 2.65 bits per heavy atom. The summed E-state index contributed by atoms with van der Waals surface area (Å²) in [5.41, 5.74) is -0.962. The molecule has 2 rings (SSSR count). The van der Waals surface area contributed by atoms with E-state index in [0.29, 0.717) is 5.69 Å². The third kappa shape index (κ3) is 2.12. The van der Waals surface area contributed by atoms with Gasteiger partial charge in [-0.2, -0.15) is 0 Å². The minimum atomic E-state index is -0.641. The number of non-ortho nitro benzene ring substituents is 1. The highest BCUT2D eigenvalue weighted by Crippen LogP contribution is 2.14. The Kier molecular flexibility index (Phi) is 2.57. The van der Waals surface area contributed by atoms with Gasteiger partial charge in [0.15, 0.2) is 0 Å². The van der Waals surface area contributed by atoms with E-state index in [1.54, 1.807) is 0 Å². The number of hydrogen-bond acceptors (Lipinski definition) is 4. The molecule has 17 heavy (non-hydrogen) atoms. The van der Waals surface area contributed by atoms with E-state index >= 15 is 0 Å². The Labute approximate surface area is 94.1 Å². The van der Waals surface area contributed by atoms with Crippen LogP contribution in [0.5, 0.6) is 0 Å². The third-order valence-corrected chi connectivity index (χ3v) is 2.14. The Bertz CT molecular complexity index is 686. The zero-order chi connectivity index (χ0) is 12.4. The Hall–Kier alpha value is -2.70. The van der Waals surface area contributed by atoms with E-state index in [-0.39, 0.29) is 5.69 Å². The second kappa shape index (κ2) is 4.05. The standard InChI is InChI=1S/C10H7N3O4/c14-9-4-5-12(10(15)11-9)7-2-1-3-8(6-7)13(16)17/h1-6H,(H,11,14,15). The van der Waals surface area contributed by atoms with Gasteiger partial charge < -0.3 is 0 Å². The van der Waals surface area contributed by atoms with Crippen LogP contribution in [0, 0.1) is 10.1 Å². The zero-order valence-electron chi connectivity index (χ0n) is 8.49. The Balaban J connectivity index is 2.61. The molecule has 0 atom stereocenters. The van der Waals surface area contributed by atoms with Crippen LogP contribution in [0.25, 0.3) is 5.69 Å². The van der Waals surface area contributed by atoms with Crippen LogP contribution in [0.15, 0.2) is 46.1 Å². The predicted molar refractivity (Wildman–Crippen MR) is 59.3 cm³/mol. The Morgan fingerprint density at radius 2 is 2.00 bits per heavy atom. The van der Waals surface area contributed by atoms with Crippen LogP contribution in [0.1, 0.15) is 0 Å². The number of hydrogen-bond donors (Lipinski definition) is 1. The van der Waals surface area contributed by atoms with Gasteiger partial charge in [0.1, 0.15) is 0 Å². The summed E-state index contributed by atoms with van der Waals surface area (Å²) in [4.78, 5) is 34.4. The van der Waals surface area contributed by atoms with Gasteiger partial charge in [-0.05, 0) is 6.07 Å². The summed E-state index contributed by atoms with van der Waals surface area (Å²) >= 11 is 0. The lowest BCUT2D eigenvalue weighted by atomic mass is 10.3. The van der Waals surface area contributed by atoms with Gasteiger partial charge >= 0.3 is 5.69 Å². The molecule has 0 spiro atoms. The van der Waals surface area contributed by atoms with Gasteiger partial charge in [-0.15, -0.1) is 0 Å². The number of nitrogens with zero attached hydrogens (tertiary/aromatic N) is 2. The summed E-state index contributed by atoms with van der Waals surface area (Å²) in [5.74, 6) is 0. The molecular formula is C10H7N3O4. The molecule has 0 radical (unpaired) electrons. The molecule has 86 valence electrons. The van der Waals surface area contributed by atoms with Crippen molar-refractivity contribution >= 4 is 5.69 Å². The number of H-pyrrole nitrogens is 1. The smallest absolute Gasteiger partial charge is 0.274 e. The quantitative estimate of drug-likeness (QED) is 0.600. The first kappa shape index (κ1) is 10.8. The van der Waals surface area contributed by atoms with Crippen molar-refractivity contribution in [2.45, 2.75) is 0 Å². The first-order chi connectivity index (χ1) is 8.08. The van der Waals surface area contributed by atoms with Crippen molar-refractivity contribution in [1.82, 2.24) is 9.55 Å². The average Bonchev–Trinajstić information content (AvgIpc) is 2.29. The van der Waals surface area contributed by atoms with Crippen LogP contribution < -0.4 is 11.2 Å². The molecule has 0 aliphatic heterocycles. The summed E-state index contributed by atoms with van der Waals surface area (Å²) in [7, 11) is 0. The van der Waals surface area contributed by atoms with Gasteiger partial charge in [0.05, 0.1) is 10.6 Å². The summed E-state index contributed by atoms with van der Waals surface area (Å²) in [6.45, 7) is 0. The highest BCUT2D eigenvalue weighted by Gasteiger charge is 2.07. The fraction of sp³-hybridized carbons (Fsp3) is 0. The summed E-state index contributed by atoms with van der Waals surface area (Å²) in [5, 5.41) is 10.6. The molecule has 1 aromatic carbocycles. The van der Waals surface area contributed by atoms with Crippen molar-refractivity contribution in [3.05, 3.63) is 67.5 Å². The maximum atomic E-state index is 11.5. The largest absolute Gasteiger partial charge is 0.332 e. The molecule has 0 unspecified atom stereocenters. The van der Waals surface area contributed by atoms with Crippen molar-refractivity contribution in [2.24, 2.45) is 0 Å². The second-order valence-corrected chi connectivity index (χ2v) is 3.26. The SMILES string of the molecule is O=c1ccn(-c2cccc([N+](=O)[O-])c2)c(=O)[nH]1. The molecule has 0 aliphatic rings. The van der Waals surface area contributed by atoms with E-state index in [0.717, 1.165) is 4.57 Å². The molecule has 7 nitrogen and oxygen atoms in total. The molecule has 0 saturated carbocycles. The van der Waals surface area contributed by atoms with Gasteiger partial charge in [0.25, 0.3) is 11.2 Å². The minimum Gasteiger partial charge on any atom is -0.274 e. The molecule has 1 N–H and O–H groups in total. The lowest BCUT2D eigenvalue weighted by Crippen LogP contribution is -2.27. The number of nitro groups is 1. The number of nitro benzene ring substituents is 1. The summed E-state index contributed by atoms with van der Waals surface area (Å²) < 4.78 is 1.12. The van der Waals surface area contributed by atoms with Crippen molar-refractivity contribution in [3.63, 3.8) is 0 Å². The number of benzene rings is 1.